The Balaban J connectivity index is 2.19. The van der Waals surface area contributed by atoms with Crippen molar-refractivity contribution in [3.8, 4) is 0 Å². The molecule has 0 spiro atoms. The van der Waals surface area contributed by atoms with Crippen LogP contribution in [0, 0.1) is 5.92 Å². The number of aryl methyl sites for hydroxylation is 1. The van der Waals surface area contributed by atoms with Crippen LogP contribution in [0.1, 0.15) is 45.4 Å². The van der Waals surface area contributed by atoms with Gasteiger partial charge in [-0.25, -0.2) is 9.97 Å². The van der Waals surface area contributed by atoms with Crippen molar-refractivity contribution in [1.82, 2.24) is 9.97 Å². The fraction of sp³-hybridized carbons (Fsp3) is 0.733. The fourth-order valence-corrected chi connectivity index (χ4v) is 2.29. The van der Waals surface area contributed by atoms with Crippen LogP contribution in [0.4, 0.5) is 11.6 Å². The average Bonchev–Trinajstić information content (AvgIpc) is 3.22. The molecular weight excluding hydrogens is 236 g/mol. The highest BCUT2D eigenvalue weighted by Crippen LogP contribution is 2.31. The minimum absolute atomic E-state index is 0.883. The number of anilines is 2. The van der Waals surface area contributed by atoms with Gasteiger partial charge < -0.3 is 10.2 Å². The number of aromatic nitrogens is 2. The first-order chi connectivity index (χ1) is 9.26. The van der Waals surface area contributed by atoms with E-state index in [2.05, 4.69) is 35.1 Å². The lowest BCUT2D eigenvalue weighted by Gasteiger charge is -2.24. The van der Waals surface area contributed by atoms with Crippen LogP contribution in [0.3, 0.4) is 0 Å². The quantitative estimate of drug-likeness (QED) is 0.781. The molecule has 106 valence electrons. The molecule has 1 saturated carbocycles. The van der Waals surface area contributed by atoms with Gasteiger partial charge in [0.1, 0.15) is 17.5 Å². The summed E-state index contributed by atoms with van der Waals surface area (Å²) in [5.41, 5.74) is 0. The maximum atomic E-state index is 4.75. The van der Waals surface area contributed by atoms with Crippen molar-refractivity contribution in [3.63, 3.8) is 0 Å². The van der Waals surface area contributed by atoms with E-state index in [-0.39, 0.29) is 0 Å². The topological polar surface area (TPSA) is 41.1 Å². The summed E-state index contributed by atoms with van der Waals surface area (Å²) in [5.74, 6) is 3.87. The molecule has 0 radical (unpaired) electrons. The summed E-state index contributed by atoms with van der Waals surface area (Å²) in [6, 6.07) is 2.08. The second-order valence-electron chi connectivity index (χ2n) is 5.42. The number of hydrogen-bond donors (Lipinski definition) is 1. The minimum Gasteiger partial charge on any atom is -0.373 e. The Morgan fingerprint density at radius 3 is 2.63 bits per heavy atom. The first-order valence-corrected chi connectivity index (χ1v) is 7.57. The third kappa shape index (κ3) is 4.08. The molecule has 0 aliphatic heterocycles. The van der Waals surface area contributed by atoms with Gasteiger partial charge in [-0.15, -0.1) is 0 Å². The Morgan fingerprint density at radius 1 is 1.26 bits per heavy atom. The Hall–Kier alpha value is -1.32. The van der Waals surface area contributed by atoms with E-state index >= 15 is 0 Å². The molecule has 1 N–H and O–H groups in total. The van der Waals surface area contributed by atoms with Crippen LogP contribution >= 0.6 is 0 Å². The van der Waals surface area contributed by atoms with Gasteiger partial charge in [0.05, 0.1) is 0 Å². The van der Waals surface area contributed by atoms with Gasteiger partial charge in [-0.1, -0.05) is 13.8 Å². The molecule has 1 aromatic rings. The highest BCUT2D eigenvalue weighted by molar-refractivity contribution is 5.49. The van der Waals surface area contributed by atoms with Gasteiger partial charge in [-0.3, -0.25) is 0 Å². The molecule has 1 aliphatic carbocycles. The Bertz CT molecular complexity index is 401. The molecule has 0 atom stereocenters. The third-order valence-corrected chi connectivity index (χ3v) is 3.48. The number of nitrogens with zero attached hydrogens (tertiary/aromatic N) is 3. The Labute approximate surface area is 116 Å². The smallest absolute Gasteiger partial charge is 0.134 e. The van der Waals surface area contributed by atoms with Crippen molar-refractivity contribution in [2.75, 3.05) is 30.4 Å². The third-order valence-electron chi connectivity index (χ3n) is 3.48. The maximum Gasteiger partial charge on any atom is 0.134 e. The van der Waals surface area contributed by atoms with Crippen LogP contribution in [0.25, 0.3) is 0 Å². The van der Waals surface area contributed by atoms with E-state index in [9.17, 15) is 0 Å². The van der Waals surface area contributed by atoms with Gasteiger partial charge in [-0.2, -0.15) is 0 Å². The fourth-order valence-electron chi connectivity index (χ4n) is 2.29. The Morgan fingerprint density at radius 2 is 2.05 bits per heavy atom. The molecule has 0 unspecified atom stereocenters. The van der Waals surface area contributed by atoms with Crippen LogP contribution < -0.4 is 10.2 Å². The summed E-state index contributed by atoms with van der Waals surface area (Å²) in [6.07, 6.45) is 5.96. The van der Waals surface area contributed by atoms with E-state index in [4.69, 9.17) is 4.98 Å². The number of nitrogens with one attached hydrogen (secondary N) is 1. The molecular formula is C15H26N4. The van der Waals surface area contributed by atoms with E-state index in [1.165, 1.54) is 12.8 Å². The molecule has 4 heteroatoms. The van der Waals surface area contributed by atoms with Crippen molar-refractivity contribution in [1.29, 1.82) is 0 Å². The molecule has 1 aliphatic rings. The lowest BCUT2D eigenvalue weighted by molar-refractivity contribution is 0.692. The van der Waals surface area contributed by atoms with Gasteiger partial charge in [0.2, 0.25) is 0 Å². The van der Waals surface area contributed by atoms with Crippen molar-refractivity contribution < 1.29 is 0 Å². The first-order valence-electron chi connectivity index (χ1n) is 7.57. The summed E-state index contributed by atoms with van der Waals surface area (Å²) < 4.78 is 0. The van der Waals surface area contributed by atoms with E-state index in [1.807, 2.05) is 7.05 Å². The monoisotopic (exact) mass is 262 g/mol. The number of hydrogen-bond acceptors (Lipinski definition) is 4. The van der Waals surface area contributed by atoms with Crippen molar-refractivity contribution in [2.24, 2.45) is 5.92 Å². The zero-order valence-electron chi connectivity index (χ0n) is 12.4. The van der Waals surface area contributed by atoms with E-state index in [1.54, 1.807) is 0 Å². The molecule has 0 bridgehead atoms. The molecule has 4 nitrogen and oxygen atoms in total. The van der Waals surface area contributed by atoms with Gasteiger partial charge in [-0.05, 0) is 31.6 Å². The van der Waals surface area contributed by atoms with Crippen molar-refractivity contribution >= 4 is 11.6 Å². The van der Waals surface area contributed by atoms with Crippen LogP contribution in [0.5, 0.6) is 0 Å². The highest BCUT2D eigenvalue weighted by Gasteiger charge is 2.25. The van der Waals surface area contributed by atoms with Crippen molar-refractivity contribution in [3.05, 3.63) is 11.9 Å². The highest BCUT2D eigenvalue weighted by atomic mass is 15.2. The lowest BCUT2D eigenvalue weighted by Crippen LogP contribution is -2.28. The summed E-state index contributed by atoms with van der Waals surface area (Å²) >= 11 is 0. The molecule has 1 heterocycles. The van der Waals surface area contributed by atoms with Gasteiger partial charge in [0.25, 0.3) is 0 Å². The largest absolute Gasteiger partial charge is 0.373 e. The summed E-state index contributed by atoms with van der Waals surface area (Å²) in [4.78, 5) is 11.7. The SMILES string of the molecule is CCCc1nc(NC)cc(N(CCC)CC2CC2)n1. The molecule has 0 aromatic carbocycles. The summed E-state index contributed by atoms with van der Waals surface area (Å²) in [7, 11) is 1.92. The lowest BCUT2D eigenvalue weighted by atomic mass is 10.3. The predicted octanol–water partition coefficient (Wildman–Crippen LogP) is 3.10. The zero-order valence-corrected chi connectivity index (χ0v) is 12.4. The average molecular weight is 262 g/mol. The standard InChI is InChI=1S/C15H26N4/c1-4-6-13-17-14(16-3)10-15(18-13)19(9-5-2)11-12-7-8-12/h10,12H,4-9,11H2,1-3H3,(H,16,17,18). The molecule has 1 aromatic heterocycles. The van der Waals surface area contributed by atoms with Crippen LogP contribution in [0.15, 0.2) is 6.07 Å². The summed E-state index contributed by atoms with van der Waals surface area (Å²) in [6.45, 7) is 6.64. The predicted molar refractivity (Wildman–Crippen MR) is 80.8 cm³/mol. The van der Waals surface area contributed by atoms with Crippen LogP contribution in [0.2, 0.25) is 0 Å². The first kappa shape index (κ1) is 14.1. The second-order valence-corrected chi connectivity index (χ2v) is 5.42. The van der Waals surface area contributed by atoms with Gasteiger partial charge >= 0.3 is 0 Å². The minimum atomic E-state index is 0.883. The van der Waals surface area contributed by atoms with Crippen molar-refractivity contribution in [2.45, 2.75) is 46.0 Å². The number of rotatable bonds is 8. The molecule has 2 rings (SSSR count). The summed E-state index contributed by atoms with van der Waals surface area (Å²) in [5, 5.41) is 3.15. The Kier molecular flexibility index (Phi) is 5.00. The van der Waals surface area contributed by atoms with E-state index in [0.29, 0.717) is 0 Å². The molecule has 1 fully saturated rings. The van der Waals surface area contributed by atoms with E-state index < -0.39 is 0 Å². The second kappa shape index (κ2) is 6.73. The van der Waals surface area contributed by atoms with Gasteiger partial charge in [0.15, 0.2) is 0 Å². The molecule has 0 amide bonds. The van der Waals surface area contributed by atoms with Gasteiger partial charge in [0, 0.05) is 32.6 Å². The normalized spacial score (nSPS) is 14.5. The molecule has 19 heavy (non-hydrogen) atoms. The van der Waals surface area contributed by atoms with Crippen LogP contribution in [-0.4, -0.2) is 30.1 Å². The maximum absolute atomic E-state index is 4.75. The van der Waals surface area contributed by atoms with Crippen LogP contribution in [-0.2, 0) is 6.42 Å². The molecule has 0 saturated heterocycles. The van der Waals surface area contributed by atoms with E-state index in [0.717, 1.165) is 55.7 Å². The zero-order chi connectivity index (χ0) is 13.7.